The largest absolute Gasteiger partial charge is 0.322 e. The maximum Gasteiger partial charge on any atom is 0.125 e. The van der Waals surface area contributed by atoms with Gasteiger partial charge in [-0.1, -0.05) is 11.6 Å². The highest BCUT2D eigenvalue weighted by atomic mass is 79.9. The van der Waals surface area contributed by atoms with E-state index in [2.05, 4.69) is 36.9 Å². The van der Waals surface area contributed by atoms with Gasteiger partial charge in [0.2, 0.25) is 0 Å². The van der Waals surface area contributed by atoms with E-state index in [4.69, 9.17) is 23.2 Å². The van der Waals surface area contributed by atoms with Crippen LogP contribution < -0.4 is 0 Å². The van der Waals surface area contributed by atoms with Gasteiger partial charge in [0.05, 0.1) is 23.5 Å². The molecule has 0 fully saturated rings. The van der Waals surface area contributed by atoms with E-state index >= 15 is 0 Å². The molecular weight excluding hydrogens is 367 g/mol. The first-order valence-corrected chi connectivity index (χ1v) is 8.19. The first-order valence-electron chi connectivity index (χ1n) is 5.61. The van der Waals surface area contributed by atoms with Gasteiger partial charge >= 0.3 is 0 Å². The molecule has 0 amide bonds. The molecule has 19 heavy (non-hydrogen) atoms. The van der Waals surface area contributed by atoms with Crippen molar-refractivity contribution < 1.29 is 0 Å². The maximum atomic E-state index is 6.00. The molecule has 0 bridgehead atoms. The molecule has 0 aliphatic rings. The minimum Gasteiger partial charge on any atom is -0.322 e. The summed E-state index contributed by atoms with van der Waals surface area (Å²) < 4.78 is 3.24. The van der Waals surface area contributed by atoms with Gasteiger partial charge in [0.25, 0.3) is 0 Å². The number of hydrogen-bond acceptors (Lipinski definition) is 2. The van der Waals surface area contributed by atoms with Crippen molar-refractivity contribution in [1.29, 1.82) is 0 Å². The Morgan fingerprint density at radius 1 is 1.32 bits per heavy atom. The Hall–Kier alpha value is -0.550. The van der Waals surface area contributed by atoms with Gasteiger partial charge in [0, 0.05) is 19.8 Å². The van der Waals surface area contributed by atoms with E-state index in [1.165, 1.54) is 4.88 Å². The second-order valence-electron chi connectivity index (χ2n) is 4.11. The molecule has 6 heteroatoms. The summed E-state index contributed by atoms with van der Waals surface area (Å²) in [5.74, 6) is 1.25. The van der Waals surface area contributed by atoms with Crippen LogP contribution in [0.3, 0.4) is 0 Å². The van der Waals surface area contributed by atoms with E-state index < -0.39 is 0 Å². The number of aromatic nitrogens is 2. The highest BCUT2D eigenvalue weighted by molar-refractivity contribution is 9.10. The minimum absolute atomic E-state index is 0.388. The molecule has 2 nitrogen and oxygen atoms in total. The van der Waals surface area contributed by atoms with Gasteiger partial charge in [-0.15, -0.1) is 22.9 Å². The van der Waals surface area contributed by atoms with Gasteiger partial charge in [-0.05, 0) is 40.2 Å². The van der Waals surface area contributed by atoms with E-state index in [0.717, 1.165) is 27.9 Å². The number of hydrogen-bond donors (Lipinski definition) is 0. The summed E-state index contributed by atoms with van der Waals surface area (Å²) in [6, 6.07) is 7.85. The molecule has 0 saturated carbocycles. The Bertz CT molecular complexity index is 735. The lowest BCUT2D eigenvalue weighted by molar-refractivity contribution is 0.789. The van der Waals surface area contributed by atoms with Crippen LogP contribution in [0.1, 0.15) is 10.7 Å². The van der Waals surface area contributed by atoms with Crippen LogP contribution >= 0.6 is 50.5 Å². The van der Waals surface area contributed by atoms with E-state index in [1.807, 2.05) is 18.2 Å². The highest BCUT2D eigenvalue weighted by Gasteiger charge is 2.11. The summed E-state index contributed by atoms with van der Waals surface area (Å²) in [6.45, 7) is 0.774. The quantitative estimate of drug-likeness (QED) is 0.568. The lowest BCUT2D eigenvalue weighted by Crippen LogP contribution is -2.02. The standard InChI is InChI=1S/C13H9BrCl2N2S/c14-8-3-10(19-7-8)6-18-12-2-1-9(16)4-11(12)17-13(18)5-15/h1-4,7H,5-6H2. The van der Waals surface area contributed by atoms with Gasteiger partial charge in [0.1, 0.15) is 5.82 Å². The monoisotopic (exact) mass is 374 g/mol. The van der Waals surface area contributed by atoms with Crippen molar-refractivity contribution >= 4 is 61.5 Å². The zero-order valence-electron chi connectivity index (χ0n) is 9.74. The lowest BCUT2D eigenvalue weighted by Gasteiger charge is -2.05. The molecule has 0 aliphatic heterocycles. The fraction of sp³-hybridized carbons (Fsp3) is 0.154. The van der Waals surface area contributed by atoms with Crippen LogP contribution in [-0.2, 0) is 12.4 Å². The second-order valence-corrected chi connectivity index (χ2v) is 6.73. The van der Waals surface area contributed by atoms with Crippen LogP contribution in [-0.4, -0.2) is 9.55 Å². The molecular formula is C13H9BrCl2N2S. The summed E-state index contributed by atoms with van der Waals surface area (Å²) in [5, 5.41) is 2.77. The highest BCUT2D eigenvalue weighted by Crippen LogP contribution is 2.25. The van der Waals surface area contributed by atoms with E-state index in [-0.39, 0.29) is 0 Å². The summed E-state index contributed by atoms with van der Waals surface area (Å²) >= 11 is 17.2. The molecule has 0 saturated heterocycles. The summed E-state index contributed by atoms with van der Waals surface area (Å²) in [6.07, 6.45) is 0. The Labute approximate surface area is 133 Å². The number of halogens is 3. The smallest absolute Gasteiger partial charge is 0.125 e. The van der Waals surface area contributed by atoms with Crippen molar-refractivity contribution in [3.05, 3.63) is 49.8 Å². The molecule has 3 rings (SSSR count). The molecule has 0 radical (unpaired) electrons. The Balaban J connectivity index is 2.10. The summed E-state index contributed by atoms with van der Waals surface area (Å²) in [4.78, 5) is 5.79. The zero-order chi connectivity index (χ0) is 13.4. The van der Waals surface area contributed by atoms with E-state index in [1.54, 1.807) is 11.3 Å². The topological polar surface area (TPSA) is 17.8 Å². The average molecular weight is 376 g/mol. The van der Waals surface area contributed by atoms with Crippen molar-refractivity contribution in [2.45, 2.75) is 12.4 Å². The number of benzene rings is 1. The van der Waals surface area contributed by atoms with Gasteiger partial charge in [-0.25, -0.2) is 4.98 Å². The van der Waals surface area contributed by atoms with Crippen LogP contribution in [0.2, 0.25) is 5.02 Å². The number of alkyl halides is 1. The van der Waals surface area contributed by atoms with E-state index in [9.17, 15) is 0 Å². The third-order valence-electron chi connectivity index (χ3n) is 2.84. The predicted molar refractivity (Wildman–Crippen MR) is 85.4 cm³/mol. The number of nitrogens with zero attached hydrogens (tertiary/aromatic N) is 2. The SMILES string of the molecule is ClCc1nc2cc(Cl)ccc2n1Cc1cc(Br)cs1. The minimum atomic E-state index is 0.388. The normalized spacial score (nSPS) is 11.3. The molecule has 0 spiro atoms. The first kappa shape index (κ1) is 13.4. The Morgan fingerprint density at radius 3 is 2.84 bits per heavy atom. The lowest BCUT2D eigenvalue weighted by atomic mass is 10.3. The van der Waals surface area contributed by atoms with Crippen LogP contribution in [0.15, 0.2) is 34.1 Å². The molecule has 98 valence electrons. The Morgan fingerprint density at radius 2 is 2.16 bits per heavy atom. The molecule has 1 aromatic carbocycles. The van der Waals surface area contributed by atoms with Crippen molar-refractivity contribution in [1.82, 2.24) is 9.55 Å². The summed E-state index contributed by atoms with van der Waals surface area (Å²) in [7, 11) is 0. The average Bonchev–Trinajstić information content (AvgIpc) is 2.94. The van der Waals surface area contributed by atoms with Crippen molar-refractivity contribution in [2.75, 3.05) is 0 Å². The van der Waals surface area contributed by atoms with Gasteiger partial charge in [-0.2, -0.15) is 0 Å². The van der Waals surface area contributed by atoms with Gasteiger partial charge in [0.15, 0.2) is 0 Å². The zero-order valence-corrected chi connectivity index (χ0v) is 13.7. The van der Waals surface area contributed by atoms with Gasteiger partial charge in [-0.3, -0.25) is 0 Å². The molecule has 0 N–H and O–H groups in total. The van der Waals surface area contributed by atoms with Crippen LogP contribution in [0.5, 0.6) is 0 Å². The summed E-state index contributed by atoms with van der Waals surface area (Å²) in [5.41, 5.74) is 1.95. The number of rotatable bonds is 3. The fourth-order valence-electron chi connectivity index (χ4n) is 2.02. The Kier molecular flexibility index (Phi) is 3.85. The molecule has 2 heterocycles. The van der Waals surface area contributed by atoms with Crippen LogP contribution in [0.25, 0.3) is 11.0 Å². The fourth-order valence-corrected chi connectivity index (χ4v) is 3.83. The van der Waals surface area contributed by atoms with Crippen LogP contribution in [0.4, 0.5) is 0 Å². The third-order valence-corrected chi connectivity index (χ3v) is 5.00. The number of fused-ring (bicyclic) bond motifs is 1. The molecule has 3 aromatic rings. The van der Waals surface area contributed by atoms with E-state index in [0.29, 0.717) is 10.9 Å². The third kappa shape index (κ3) is 2.68. The number of imidazole rings is 1. The predicted octanol–water partition coefficient (Wildman–Crippen LogP) is 5.30. The molecule has 0 atom stereocenters. The number of thiophene rings is 1. The molecule has 2 aromatic heterocycles. The van der Waals surface area contributed by atoms with Crippen molar-refractivity contribution in [2.24, 2.45) is 0 Å². The maximum absolute atomic E-state index is 6.00. The first-order chi connectivity index (χ1) is 9.17. The van der Waals surface area contributed by atoms with Gasteiger partial charge < -0.3 is 4.57 Å². The second kappa shape index (κ2) is 5.44. The van der Waals surface area contributed by atoms with Crippen LogP contribution in [0, 0.1) is 0 Å². The molecule has 0 unspecified atom stereocenters. The molecule has 0 aliphatic carbocycles. The van der Waals surface area contributed by atoms with Crippen molar-refractivity contribution in [3.63, 3.8) is 0 Å². The van der Waals surface area contributed by atoms with Crippen molar-refractivity contribution in [3.8, 4) is 0 Å².